The number of benzene rings is 1. The van der Waals surface area contributed by atoms with Gasteiger partial charge in [0.05, 0.1) is 6.61 Å². The highest BCUT2D eigenvalue weighted by Crippen LogP contribution is 2.40. The van der Waals surface area contributed by atoms with Gasteiger partial charge in [0.15, 0.2) is 0 Å². The van der Waals surface area contributed by atoms with Crippen LogP contribution in [0.4, 0.5) is 0 Å². The summed E-state index contributed by atoms with van der Waals surface area (Å²) in [5.74, 6) is 0.0358. The smallest absolute Gasteiger partial charge is 0.303 e. The zero-order valence-corrected chi connectivity index (χ0v) is 10.3. The molecule has 1 aromatic rings. The van der Waals surface area contributed by atoms with E-state index in [-0.39, 0.29) is 12.2 Å². The molecule has 98 valence electrons. The number of hydrogen-bond donors (Lipinski definition) is 3. The Bertz CT molecular complexity index is 484. The lowest BCUT2D eigenvalue weighted by molar-refractivity contribution is -0.137. The zero-order valence-electron chi connectivity index (χ0n) is 10.3. The van der Waals surface area contributed by atoms with Gasteiger partial charge in [-0.05, 0) is 25.0 Å². The fourth-order valence-electron chi connectivity index (χ4n) is 2.31. The maximum Gasteiger partial charge on any atom is 0.303 e. The average molecular weight is 251 g/mol. The number of carbonyl (C=O) groups is 1. The molecule has 2 rings (SSSR count). The van der Waals surface area contributed by atoms with Gasteiger partial charge in [-0.1, -0.05) is 0 Å². The Balaban J connectivity index is 2.34. The number of carboxylic acid groups (broad SMARTS) is 1. The van der Waals surface area contributed by atoms with Crippen LogP contribution in [0.1, 0.15) is 35.6 Å². The summed E-state index contributed by atoms with van der Waals surface area (Å²) in [6.07, 6.45) is 1.00. The van der Waals surface area contributed by atoms with Crippen LogP contribution in [0.25, 0.3) is 0 Å². The van der Waals surface area contributed by atoms with Crippen molar-refractivity contribution in [2.24, 2.45) is 5.73 Å². The number of phenolic OH excluding ortho intramolecular Hbond substituents is 1. The molecule has 0 saturated heterocycles. The maximum atomic E-state index is 10.6. The van der Waals surface area contributed by atoms with Crippen molar-refractivity contribution in [1.29, 1.82) is 0 Å². The van der Waals surface area contributed by atoms with Crippen molar-refractivity contribution in [2.45, 2.75) is 32.2 Å². The van der Waals surface area contributed by atoms with Gasteiger partial charge < -0.3 is 20.7 Å². The van der Waals surface area contributed by atoms with Gasteiger partial charge in [-0.25, -0.2) is 0 Å². The van der Waals surface area contributed by atoms with E-state index in [9.17, 15) is 9.90 Å². The fourth-order valence-corrected chi connectivity index (χ4v) is 2.31. The molecule has 1 aliphatic rings. The summed E-state index contributed by atoms with van der Waals surface area (Å²) in [5, 5.41) is 18.8. The summed E-state index contributed by atoms with van der Waals surface area (Å²) in [4.78, 5) is 10.6. The molecule has 1 heterocycles. The number of aryl methyl sites for hydroxylation is 1. The standard InChI is InChI=1S/C13H17NO4/c1-7-6-10-8(4-5-18-10)12(13(7)17)9(14)2-3-11(15)16/h6,9,17H,2-5,14H2,1H3,(H,15,16). The molecule has 0 amide bonds. The third-order valence-corrected chi connectivity index (χ3v) is 3.25. The van der Waals surface area contributed by atoms with Crippen LogP contribution >= 0.6 is 0 Å². The van der Waals surface area contributed by atoms with E-state index in [2.05, 4.69) is 0 Å². The molecule has 0 fully saturated rings. The van der Waals surface area contributed by atoms with Gasteiger partial charge in [-0.3, -0.25) is 4.79 Å². The zero-order chi connectivity index (χ0) is 13.3. The number of ether oxygens (including phenoxy) is 1. The minimum Gasteiger partial charge on any atom is -0.507 e. The minimum absolute atomic E-state index is 0.00974. The van der Waals surface area contributed by atoms with Crippen LogP contribution in [-0.2, 0) is 11.2 Å². The second-order valence-electron chi connectivity index (χ2n) is 4.57. The molecule has 1 aliphatic heterocycles. The molecule has 5 heteroatoms. The summed E-state index contributed by atoms with van der Waals surface area (Å²) in [6.45, 7) is 2.36. The van der Waals surface area contributed by atoms with Gasteiger partial charge in [0.1, 0.15) is 11.5 Å². The summed E-state index contributed by atoms with van der Waals surface area (Å²) < 4.78 is 5.47. The van der Waals surface area contributed by atoms with Gasteiger partial charge in [0.25, 0.3) is 0 Å². The van der Waals surface area contributed by atoms with Crippen molar-refractivity contribution in [3.63, 3.8) is 0 Å². The third kappa shape index (κ3) is 2.26. The van der Waals surface area contributed by atoms with E-state index >= 15 is 0 Å². The summed E-state index contributed by atoms with van der Waals surface area (Å²) in [7, 11) is 0. The lowest BCUT2D eigenvalue weighted by atomic mass is 9.93. The summed E-state index contributed by atoms with van der Waals surface area (Å²) in [5.41, 5.74) is 8.27. The van der Waals surface area contributed by atoms with Crippen LogP contribution in [0.3, 0.4) is 0 Å². The highest BCUT2D eigenvalue weighted by atomic mass is 16.5. The first-order chi connectivity index (χ1) is 8.50. The lowest BCUT2D eigenvalue weighted by Gasteiger charge is -2.18. The lowest BCUT2D eigenvalue weighted by Crippen LogP contribution is -2.14. The predicted molar refractivity (Wildman–Crippen MR) is 65.8 cm³/mol. The molecule has 1 atom stereocenters. The van der Waals surface area contributed by atoms with Crippen LogP contribution in [0.5, 0.6) is 11.5 Å². The SMILES string of the molecule is Cc1cc2c(c(C(N)CCC(=O)O)c1O)CCO2. The molecule has 0 saturated carbocycles. The summed E-state index contributed by atoms with van der Waals surface area (Å²) >= 11 is 0. The van der Waals surface area contributed by atoms with Crippen molar-refractivity contribution >= 4 is 5.97 Å². The molecular formula is C13H17NO4. The van der Waals surface area contributed by atoms with Crippen LogP contribution in [0.15, 0.2) is 6.07 Å². The number of fused-ring (bicyclic) bond motifs is 1. The molecule has 18 heavy (non-hydrogen) atoms. The fraction of sp³-hybridized carbons (Fsp3) is 0.462. The molecular weight excluding hydrogens is 234 g/mol. The second-order valence-corrected chi connectivity index (χ2v) is 4.57. The Labute approximate surface area is 105 Å². The molecule has 0 spiro atoms. The van der Waals surface area contributed by atoms with Crippen LogP contribution < -0.4 is 10.5 Å². The molecule has 0 aromatic heterocycles. The predicted octanol–water partition coefficient (Wildman–Crippen LogP) is 1.50. The van der Waals surface area contributed by atoms with Crippen molar-refractivity contribution in [3.05, 3.63) is 22.8 Å². The van der Waals surface area contributed by atoms with Crippen LogP contribution in [0.2, 0.25) is 0 Å². The number of aromatic hydroxyl groups is 1. The number of nitrogens with two attached hydrogens (primary N) is 1. The molecule has 0 radical (unpaired) electrons. The summed E-state index contributed by atoms with van der Waals surface area (Å²) in [6, 6.07) is 1.32. The normalized spacial score (nSPS) is 15.0. The van der Waals surface area contributed by atoms with Gasteiger partial charge in [-0.15, -0.1) is 0 Å². The first kappa shape index (κ1) is 12.7. The monoisotopic (exact) mass is 251 g/mol. The van der Waals surface area contributed by atoms with Crippen LogP contribution in [-0.4, -0.2) is 22.8 Å². The van der Waals surface area contributed by atoms with Gasteiger partial charge in [0.2, 0.25) is 0 Å². The molecule has 1 aromatic carbocycles. The van der Waals surface area contributed by atoms with E-state index < -0.39 is 12.0 Å². The van der Waals surface area contributed by atoms with E-state index in [1.807, 2.05) is 0 Å². The van der Waals surface area contributed by atoms with E-state index in [1.165, 1.54) is 0 Å². The van der Waals surface area contributed by atoms with Gasteiger partial charge in [-0.2, -0.15) is 0 Å². The average Bonchev–Trinajstić information content (AvgIpc) is 2.74. The molecule has 1 unspecified atom stereocenters. The minimum atomic E-state index is -0.884. The topological polar surface area (TPSA) is 92.8 Å². The Morgan fingerprint density at radius 3 is 3.00 bits per heavy atom. The maximum absolute atomic E-state index is 10.6. The van der Waals surface area contributed by atoms with Crippen LogP contribution in [0, 0.1) is 6.92 Å². The Hall–Kier alpha value is -1.75. The Kier molecular flexibility index (Phi) is 3.43. The van der Waals surface area contributed by atoms with Crippen molar-refractivity contribution < 1.29 is 19.7 Å². The van der Waals surface area contributed by atoms with Crippen molar-refractivity contribution in [2.75, 3.05) is 6.61 Å². The van der Waals surface area contributed by atoms with Gasteiger partial charge in [0, 0.05) is 30.0 Å². The first-order valence-electron chi connectivity index (χ1n) is 5.96. The first-order valence-corrected chi connectivity index (χ1v) is 5.96. The highest BCUT2D eigenvalue weighted by Gasteiger charge is 2.25. The number of aliphatic carboxylic acids is 1. The highest BCUT2D eigenvalue weighted by molar-refractivity contribution is 5.67. The number of carboxylic acids is 1. The van der Waals surface area contributed by atoms with E-state index in [0.717, 1.165) is 11.3 Å². The second kappa shape index (κ2) is 4.86. The Morgan fingerprint density at radius 2 is 2.33 bits per heavy atom. The number of hydrogen-bond acceptors (Lipinski definition) is 4. The largest absolute Gasteiger partial charge is 0.507 e. The van der Waals surface area contributed by atoms with Gasteiger partial charge >= 0.3 is 5.97 Å². The third-order valence-electron chi connectivity index (χ3n) is 3.25. The number of rotatable bonds is 4. The van der Waals surface area contributed by atoms with Crippen molar-refractivity contribution in [1.82, 2.24) is 0 Å². The van der Waals surface area contributed by atoms with E-state index in [1.54, 1.807) is 13.0 Å². The Morgan fingerprint density at radius 1 is 1.61 bits per heavy atom. The molecule has 0 aliphatic carbocycles. The number of phenols is 1. The molecule has 5 nitrogen and oxygen atoms in total. The molecule has 4 N–H and O–H groups in total. The molecule has 0 bridgehead atoms. The van der Waals surface area contributed by atoms with E-state index in [0.29, 0.717) is 30.6 Å². The van der Waals surface area contributed by atoms with E-state index in [4.69, 9.17) is 15.6 Å². The van der Waals surface area contributed by atoms with Crippen molar-refractivity contribution in [3.8, 4) is 11.5 Å². The quantitative estimate of drug-likeness (QED) is 0.754.